The number of aromatic nitrogens is 1. The van der Waals surface area contributed by atoms with Crippen LogP contribution in [0.3, 0.4) is 0 Å². The first-order valence-electron chi connectivity index (χ1n) is 10.5. The zero-order chi connectivity index (χ0) is 21.5. The molecule has 1 fully saturated rings. The van der Waals surface area contributed by atoms with Gasteiger partial charge in [-0.05, 0) is 43.2 Å². The van der Waals surface area contributed by atoms with Crippen LogP contribution in [0.2, 0.25) is 0 Å². The van der Waals surface area contributed by atoms with Crippen molar-refractivity contribution in [3.05, 3.63) is 46.9 Å². The van der Waals surface area contributed by atoms with E-state index in [4.69, 9.17) is 10.1 Å². The van der Waals surface area contributed by atoms with Crippen LogP contribution in [-0.4, -0.2) is 48.9 Å². The third kappa shape index (κ3) is 5.37. The van der Waals surface area contributed by atoms with Crippen molar-refractivity contribution in [2.24, 2.45) is 5.10 Å². The molecule has 0 bridgehead atoms. The number of hydrogen-bond donors (Lipinski definition) is 2. The molecular formula is C22H31FN6S. The summed E-state index contributed by atoms with van der Waals surface area (Å²) >= 11 is 1.56. The second-order valence-corrected chi connectivity index (χ2v) is 8.13. The van der Waals surface area contributed by atoms with Crippen LogP contribution in [0, 0.1) is 5.82 Å². The topological polar surface area (TPSA) is 55.8 Å². The van der Waals surface area contributed by atoms with Gasteiger partial charge in [0.05, 0.1) is 5.69 Å². The molecule has 0 radical (unpaired) electrons. The van der Waals surface area contributed by atoms with Crippen LogP contribution < -0.4 is 15.6 Å². The summed E-state index contributed by atoms with van der Waals surface area (Å²) in [6.07, 6.45) is 1.79. The maximum Gasteiger partial charge on any atom is 0.191 e. The molecule has 30 heavy (non-hydrogen) atoms. The van der Waals surface area contributed by atoms with Crippen molar-refractivity contribution in [3.8, 4) is 11.3 Å². The number of nitrogens with zero attached hydrogens (tertiary/aromatic N) is 4. The van der Waals surface area contributed by atoms with E-state index in [9.17, 15) is 4.39 Å². The monoisotopic (exact) mass is 430 g/mol. The van der Waals surface area contributed by atoms with E-state index in [0.29, 0.717) is 0 Å². The van der Waals surface area contributed by atoms with E-state index >= 15 is 0 Å². The average molecular weight is 431 g/mol. The zero-order valence-corrected chi connectivity index (χ0v) is 19.0. The molecule has 1 saturated heterocycles. The van der Waals surface area contributed by atoms with Crippen LogP contribution >= 0.6 is 11.3 Å². The Kier molecular flexibility index (Phi) is 7.81. The molecule has 0 aliphatic carbocycles. The summed E-state index contributed by atoms with van der Waals surface area (Å²) in [5, 5.41) is 11.0. The molecule has 0 unspecified atom stereocenters. The fraction of sp³-hybridized carbons (Fsp3) is 0.455. The van der Waals surface area contributed by atoms with Gasteiger partial charge in [-0.2, -0.15) is 5.10 Å². The molecule has 2 heterocycles. The van der Waals surface area contributed by atoms with Crippen molar-refractivity contribution in [2.75, 3.05) is 38.1 Å². The highest BCUT2D eigenvalue weighted by Gasteiger charge is 2.17. The Morgan fingerprint density at radius 2 is 1.93 bits per heavy atom. The molecule has 1 aliphatic heterocycles. The van der Waals surface area contributed by atoms with Gasteiger partial charge in [0.1, 0.15) is 17.5 Å². The van der Waals surface area contributed by atoms with Gasteiger partial charge in [-0.25, -0.2) is 9.37 Å². The Labute approximate surface area is 182 Å². The number of amidine groups is 1. The highest BCUT2D eigenvalue weighted by molar-refractivity contribution is 7.14. The summed E-state index contributed by atoms with van der Waals surface area (Å²) in [6, 6.07) is 6.43. The number of piperazine rings is 1. The lowest BCUT2D eigenvalue weighted by molar-refractivity contribution is 0.350. The molecule has 1 aliphatic rings. The van der Waals surface area contributed by atoms with Gasteiger partial charge in [-0.15, -0.1) is 11.3 Å². The van der Waals surface area contributed by atoms with Crippen LogP contribution in [0.25, 0.3) is 11.3 Å². The molecular weight excluding hydrogens is 399 g/mol. The number of anilines is 1. The minimum absolute atomic E-state index is 0.242. The number of benzene rings is 1. The first kappa shape index (κ1) is 22.2. The van der Waals surface area contributed by atoms with Crippen LogP contribution in [0.4, 0.5) is 9.52 Å². The highest BCUT2D eigenvalue weighted by atomic mass is 32.1. The molecule has 0 atom stereocenters. The van der Waals surface area contributed by atoms with E-state index in [-0.39, 0.29) is 5.82 Å². The maximum atomic E-state index is 13.2. The van der Waals surface area contributed by atoms with Crippen molar-refractivity contribution in [1.29, 1.82) is 0 Å². The van der Waals surface area contributed by atoms with Gasteiger partial charge in [-0.1, -0.05) is 13.8 Å². The van der Waals surface area contributed by atoms with E-state index in [1.165, 1.54) is 17.7 Å². The third-order valence-corrected chi connectivity index (χ3v) is 6.20. The Hall–Kier alpha value is -2.45. The second kappa shape index (κ2) is 10.5. The number of hydrazone groups is 1. The fourth-order valence-corrected chi connectivity index (χ4v) is 4.11. The summed E-state index contributed by atoms with van der Waals surface area (Å²) in [6.45, 7) is 10.3. The predicted octanol–water partition coefficient (Wildman–Crippen LogP) is 4.25. The molecule has 1 aromatic carbocycles. The standard InChI is InChI=1S/C22H31FN6S/c1-5-16(3)21(27-26-20(6-2)29-13-11-24-12-14-29)28(4)22-25-19(15-30-22)17-7-9-18(23)10-8-17/h7-10,15,24,27H,5-6,11-14H2,1-4H3/b21-16-,26-20+. The third-order valence-electron chi connectivity index (χ3n) is 5.28. The van der Waals surface area contributed by atoms with E-state index in [1.807, 2.05) is 17.3 Å². The highest BCUT2D eigenvalue weighted by Crippen LogP contribution is 2.29. The first-order valence-corrected chi connectivity index (χ1v) is 11.3. The predicted molar refractivity (Wildman–Crippen MR) is 124 cm³/mol. The minimum Gasteiger partial charge on any atom is -0.356 e. The molecule has 8 heteroatoms. The average Bonchev–Trinajstić information content (AvgIpc) is 3.27. The van der Waals surface area contributed by atoms with Gasteiger partial charge < -0.3 is 15.1 Å². The molecule has 162 valence electrons. The lowest BCUT2D eigenvalue weighted by atomic mass is 10.2. The largest absolute Gasteiger partial charge is 0.356 e. The van der Waals surface area contributed by atoms with E-state index < -0.39 is 0 Å². The number of nitrogens with one attached hydrogen (secondary N) is 2. The smallest absolute Gasteiger partial charge is 0.191 e. The lowest BCUT2D eigenvalue weighted by Crippen LogP contribution is -2.46. The Morgan fingerprint density at radius 3 is 2.57 bits per heavy atom. The lowest BCUT2D eigenvalue weighted by Gasteiger charge is -2.30. The molecule has 0 saturated carbocycles. The number of rotatable bonds is 7. The van der Waals surface area contributed by atoms with Crippen LogP contribution in [-0.2, 0) is 0 Å². The number of hydrogen-bond acceptors (Lipinski definition) is 6. The van der Waals surface area contributed by atoms with E-state index in [2.05, 4.69) is 36.4 Å². The molecule has 2 aromatic rings. The van der Waals surface area contributed by atoms with Crippen LogP contribution in [0.1, 0.15) is 33.6 Å². The molecule has 1 aromatic heterocycles. The summed E-state index contributed by atoms with van der Waals surface area (Å²) in [4.78, 5) is 9.14. The number of halogens is 1. The van der Waals surface area contributed by atoms with Gasteiger partial charge in [-0.3, -0.25) is 5.43 Å². The Morgan fingerprint density at radius 1 is 1.23 bits per heavy atom. The molecule has 0 spiro atoms. The molecule has 6 nitrogen and oxygen atoms in total. The number of allylic oxidation sites excluding steroid dienone is 1. The van der Waals surface area contributed by atoms with Crippen molar-refractivity contribution < 1.29 is 4.39 Å². The first-order chi connectivity index (χ1) is 14.5. The summed E-state index contributed by atoms with van der Waals surface area (Å²) in [5.41, 5.74) is 6.27. The summed E-state index contributed by atoms with van der Waals surface area (Å²) in [7, 11) is 2.00. The van der Waals surface area contributed by atoms with Gasteiger partial charge in [0.25, 0.3) is 0 Å². The minimum atomic E-state index is -0.242. The zero-order valence-electron chi connectivity index (χ0n) is 18.2. The van der Waals surface area contributed by atoms with Gasteiger partial charge in [0, 0.05) is 50.6 Å². The fourth-order valence-electron chi connectivity index (χ4n) is 3.31. The SMILES string of the molecule is CC/C(=N\N/C(=C(\C)CC)N(C)c1nc(-c2ccc(F)cc2)cs1)N1CCNCC1. The number of thiazole rings is 1. The van der Waals surface area contributed by atoms with Crippen molar-refractivity contribution >= 4 is 22.3 Å². The summed E-state index contributed by atoms with van der Waals surface area (Å²) in [5.74, 6) is 1.77. The molecule has 2 N–H and O–H groups in total. The Balaban J connectivity index is 1.80. The Bertz CT molecular complexity index is 883. The van der Waals surface area contributed by atoms with Crippen molar-refractivity contribution in [3.63, 3.8) is 0 Å². The van der Waals surface area contributed by atoms with Gasteiger partial charge >= 0.3 is 0 Å². The summed E-state index contributed by atoms with van der Waals surface area (Å²) < 4.78 is 13.2. The van der Waals surface area contributed by atoms with Crippen molar-refractivity contribution in [1.82, 2.24) is 20.6 Å². The van der Waals surface area contributed by atoms with Gasteiger partial charge in [0.15, 0.2) is 5.13 Å². The van der Waals surface area contributed by atoms with Crippen molar-refractivity contribution in [2.45, 2.75) is 33.6 Å². The van der Waals surface area contributed by atoms with Crippen LogP contribution in [0.5, 0.6) is 0 Å². The van der Waals surface area contributed by atoms with E-state index in [1.54, 1.807) is 23.5 Å². The normalized spacial score (nSPS) is 15.8. The quantitative estimate of drug-likeness (QED) is 0.391. The van der Waals surface area contributed by atoms with Crippen LogP contribution in [0.15, 0.2) is 46.1 Å². The second-order valence-electron chi connectivity index (χ2n) is 7.29. The molecule has 3 rings (SSSR count). The molecule has 0 amide bonds. The maximum absolute atomic E-state index is 13.2. The van der Waals surface area contributed by atoms with E-state index in [0.717, 1.165) is 67.1 Å². The van der Waals surface area contributed by atoms with Gasteiger partial charge in [0.2, 0.25) is 0 Å².